The Morgan fingerprint density at radius 2 is 1.81 bits per heavy atom. The molecule has 0 amide bonds. The van der Waals surface area contributed by atoms with Crippen LogP contribution >= 0.6 is 11.6 Å². The van der Waals surface area contributed by atoms with Crippen molar-refractivity contribution < 1.29 is 32.9 Å². The average Bonchev–Trinajstić information content (AvgIpc) is 3.00. The van der Waals surface area contributed by atoms with Crippen LogP contribution in [0.25, 0.3) is 0 Å². The largest absolute Gasteiger partial charge is 0.495 e. The van der Waals surface area contributed by atoms with Crippen LogP contribution in [0.15, 0.2) is 90.3 Å². The van der Waals surface area contributed by atoms with E-state index >= 15 is 0 Å². The van der Waals surface area contributed by atoms with Gasteiger partial charge in [-0.3, -0.25) is 0 Å². The fourth-order valence-electron chi connectivity index (χ4n) is 4.66. The number of hydrogen-bond acceptors (Lipinski definition) is 8. The minimum atomic E-state index is -0.634. The van der Waals surface area contributed by atoms with E-state index in [1.807, 2.05) is 6.92 Å². The molecule has 1 unspecified atom stereocenters. The Labute approximate surface area is 252 Å². The highest BCUT2D eigenvalue weighted by Gasteiger charge is 2.32. The Bertz CT molecular complexity index is 1770. The number of carbonyl (C=O) groups excluding carboxylic acids is 1. The van der Waals surface area contributed by atoms with Crippen molar-refractivity contribution in [2.24, 2.45) is 5.73 Å². The molecule has 4 aromatic rings. The van der Waals surface area contributed by atoms with Crippen molar-refractivity contribution in [2.75, 3.05) is 13.7 Å². The summed E-state index contributed by atoms with van der Waals surface area (Å²) < 4.78 is 42.3. The number of methoxy groups -OCH3 is 1. The molecule has 218 valence electrons. The second-order valence-electron chi connectivity index (χ2n) is 9.38. The highest BCUT2D eigenvalue weighted by Crippen LogP contribution is 2.45. The summed E-state index contributed by atoms with van der Waals surface area (Å²) in [5, 5.41) is 10.3. The summed E-state index contributed by atoms with van der Waals surface area (Å²) in [7, 11) is 1.48. The van der Waals surface area contributed by atoms with Gasteiger partial charge in [0.15, 0.2) is 11.5 Å². The van der Waals surface area contributed by atoms with Gasteiger partial charge in [0.1, 0.15) is 41.3 Å². The van der Waals surface area contributed by atoms with Crippen LogP contribution in [0.2, 0.25) is 5.02 Å². The van der Waals surface area contributed by atoms with E-state index in [9.17, 15) is 14.4 Å². The monoisotopic (exact) mass is 600 g/mol. The first kappa shape index (κ1) is 29.3. The molecule has 1 aliphatic rings. The number of esters is 1. The average molecular weight is 601 g/mol. The molecule has 0 aromatic heterocycles. The number of ether oxygens (including phenoxy) is 5. The van der Waals surface area contributed by atoms with Gasteiger partial charge in [0.05, 0.1) is 30.2 Å². The van der Waals surface area contributed by atoms with Gasteiger partial charge in [-0.15, -0.1) is 0 Å². The molecule has 0 bridgehead atoms. The number of benzene rings is 4. The van der Waals surface area contributed by atoms with E-state index in [1.54, 1.807) is 54.6 Å². The highest BCUT2D eigenvalue weighted by molar-refractivity contribution is 6.32. The van der Waals surface area contributed by atoms with Crippen LogP contribution in [0.1, 0.15) is 39.9 Å². The zero-order valence-corrected chi connectivity index (χ0v) is 24.0. The van der Waals surface area contributed by atoms with E-state index in [0.717, 1.165) is 0 Å². The second kappa shape index (κ2) is 12.8. The summed E-state index contributed by atoms with van der Waals surface area (Å²) in [4.78, 5) is 12.8. The third kappa shape index (κ3) is 6.20. The number of allylic oxidation sites excluding steroid dienone is 1. The van der Waals surface area contributed by atoms with Crippen LogP contribution in [0, 0.1) is 17.1 Å². The molecular formula is C33H26ClFN2O6. The van der Waals surface area contributed by atoms with Crippen LogP contribution < -0.4 is 29.4 Å². The fourth-order valence-corrected chi connectivity index (χ4v) is 4.92. The van der Waals surface area contributed by atoms with E-state index < -0.39 is 11.9 Å². The van der Waals surface area contributed by atoms with Crippen LogP contribution in [0.3, 0.4) is 0 Å². The van der Waals surface area contributed by atoms with Gasteiger partial charge in [0.25, 0.3) is 0 Å². The van der Waals surface area contributed by atoms with E-state index in [1.165, 1.54) is 31.4 Å². The van der Waals surface area contributed by atoms with Gasteiger partial charge in [0, 0.05) is 17.2 Å². The van der Waals surface area contributed by atoms with E-state index in [4.69, 9.17) is 41.0 Å². The van der Waals surface area contributed by atoms with Crippen molar-refractivity contribution >= 4 is 17.6 Å². The zero-order valence-electron chi connectivity index (χ0n) is 23.2. The van der Waals surface area contributed by atoms with Gasteiger partial charge in [-0.25, -0.2) is 9.18 Å². The normalized spacial score (nSPS) is 13.8. The first-order chi connectivity index (χ1) is 20.8. The van der Waals surface area contributed by atoms with Crippen molar-refractivity contribution in [1.29, 1.82) is 5.26 Å². The summed E-state index contributed by atoms with van der Waals surface area (Å²) >= 11 is 6.15. The van der Waals surface area contributed by atoms with Gasteiger partial charge >= 0.3 is 5.97 Å². The molecule has 0 saturated carbocycles. The molecule has 5 rings (SSSR count). The van der Waals surface area contributed by atoms with Gasteiger partial charge in [-0.2, -0.15) is 5.26 Å². The maximum absolute atomic E-state index is 14.1. The lowest BCUT2D eigenvalue weighted by atomic mass is 9.83. The molecule has 0 aliphatic carbocycles. The molecule has 43 heavy (non-hydrogen) atoms. The first-order valence-corrected chi connectivity index (χ1v) is 13.6. The van der Waals surface area contributed by atoms with E-state index in [0.29, 0.717) is 46.3 Å². The van der Waals surface area contributed by atoms with Crippen molar-refractivity contribution in [3.05, 3.63) is 123 Å². The number of hydrogen-bond donors (Lipinski definition) is 1. The molecule has 10 heteroatoms. The molecule has 0 saturated heterocycles. The van der Waals surface area contributed by atoms with Crippen molar-refractivity contribution in [1.82, 2.24) is 0 Å². The number of rotatable bonds is 9. The number of fused-ring (bicyclic) bond motifs is 1. The number of nitrogens with two attached hydrogens (primary N) is 1. The molecule has 8 nitrogen and oxygen atoms in total. The van der Waals surface area contributed by atoms with Gasteiger partial charge in [-0.05, 0) is 55.0 Å². The number of halogens is 2. The third-order valence-corrected chi connectivity index (χ3v) is 7.03. The lowest BCUT2D eigenvalue weighted by Gasteiger charge is -2.27. The smallest absolute Gasteiger partial charge is 0.343 e. The van der Waals surface area contributed by atoms with Crippen molar-refractivity contribution in [2.45, 2.75) is 19.4 Å². The zero-order chi connectivity index (χ0) is 30.5. The molecule has 1 atom stereocenters. The predicted octanol–water partition coefficient (Wildman–Crippen LogP) is 6.90. The summed E-state index contributed by atoms with van der Waals surface area (Å²) in [6.07, 6.45) is 0. The lowest BCUT2D eigenvalue weighted by molar-refractivity contribution is 0.0734. The van der Waals surface area contributed by atoms with Crippen LogP contribution in [0.5, 0.6) is 28.7 Å². The maximum Gasteiger partial charge on any atom is 0.343 e. The third-order valence-electron chi connectivity index (χ3n) is 6.73. The summed E-state index contributed by atoms with van der Waals surface area (Å²) in [5.74, 6) is 0.0907. The quantitative estimate of drug-likeness (QED) is 0.163. The Hall–Kier alpha value is -5.20. The number of nitrogens with zero attached hydrogens (tertiary/aromatic N) is 1. The van der Waals surface area contributed by atoms with Gasteiger partial charge < -0.3 is 29.4 Å². The van der Waals surface area contributed by atoms with Gasteiger partial charge in [-0.1, -0.05) is 41.9 Å². The standard InChI is InChI=1S/C33H26ClFN2O6/c1-3-40-30-15-19(8-13-28(30)41-18-21-6-4-5-7-26(21)35)31-23-11-10-22(16-29(23)43-32(37)24(31)17-36)42-33(38)20-9-12-27(39-2)25(34)14-20/h4-16,31H,3,18,37H2,1-2H3. The molecule has 1 heterocycles. The molecule has 0 radical (unpaired) electrons. The molecule has 0 spiro atoms. The Balaban J connectivity index is 1.44. The number of nitriles is 1. The minimum absolute atomic E-state index is 0.00667. The number of carbonyl (C=O) groups is 1. The lowest BCUT2D eigenvalue weighted by Crippen LogP contribution is -2.21. The molecule has 1 aliphatic heterocycles. The van der Waals surface area contributed by atoms with Crippen molar-refractivity contribution in [3.63, 3.8) is 0 Å². The highest BCUT2D eigenvalue weighted by atomic mass is 35.5. The molecular weight excluding hydrogens is 575 g/mol. The van der Waals surface area contributed by atoms with Crippen LogP contribution in [-0.4, -0.2) is 19.7 Å². The fraction of sp³-hybridized carbons (Fsp3) is 0.152. The SMILES string of the molecule is CCOc1cc(C2C(C#N)=C(N)Oc3cc(OC(=O)c4ccc(OC)c(Cl)c4)ccc32)ccc1OCc1ccccc1F. The van der Waals surface area contributed by atoms with Crippen LogP contribution in [0.4, 0.5) is 4.39 Å². The Morgan fingerprint density at radius 3 is 2.53 bits per heavy atom. The Morgan fingerprint density at radius 1 is 1.02 bits per heavy atom. The summed E-state index contributed by atoms with van der Waals surface area (Å²) in [5.41, 5.74) is 8.33. The molecule has 0 fully saturated rings. The van der Waals surface area contributed by atoms with Crippen LogP contribution in [-0.2, 0) is 6.61 Å². The van der Waals surface area contributed by atoms with E-state index in [2.05, 4.69) is 6.07 Å². The summed E-state index contributed by atoms with van der Waals surface area (Å²) in [6.45, 7) is 2.19. The second-order valence-corrected chi connectivity index (χ2v) is 9.79. The maximum atomic E-state index is 14.1. The van der Waals surface area contributed by atoms with Crippen molar-refractivity contribution in [3.8, 4) is 34.8 Å². The minimum Gasteiger partial charge on any atom is -0.495 e. The summed E-state index contributed by atoms with van der Waals surface area (Å²) in [6, 6.07) is 23.2. The Kier molecular flexibility index (Phi) is 8.69. The van der Waals surface area contributed by atoms with E-state index in [-0.39, 0.29) is 40.2 Å². The topological polar surface area (TPSA) is 113 Å². The first-order valence-electron chi connectivity index (χ1n) is 13.2. The molecule has 4 aromatic carbocycles. The predicted molar refractivity (Wildman–Crippen MR) is 157 cm³/mol. The molecule has 2 N–H and O–H groups in total. The van der Waals surface area contributed by atoms with Gasteiger partial charge in [0.2, 0.25) is 5.88 Å².